The third-order valence-corrected chi connectivity index (χ3v) is 3.38. The summed E-state index contributed by atoms with van der Waals surface area (Å²) in [5, 5.41) is 17.7. The highest BCUT2D eigenvalue weighted by Crippen LogP contribution is 2.20. The lowest BCUT2D eigenvalue weighted by Crippen LogP contribution is -2.33. The highest BCUT2D eigenvalue weighted by molar-refractivity contribution is 7.99. The zero-order valence-electron chi connectivity index (χ0n) is 8.48. The Hall–Kier alpha value is -0.260. The van der Waals surface area contributed by atoms with Gasteiger partial charge in [0.05, 0.1) is 0 Å². The molecular weight excluding hydrogens is 202 g/mol. The quantitative estimate of drug-likeness (QED) is 0.561. The van der Waals surface area contributed by atoms with Gasteiger partial charge in [-0.05, 0) is 12.8 Å². The van der Waals surface area contributed by atoms with Gasteiger partial charge < -0.3 is 15.9 Å². The van der Waals surface area contributed by atoms with E-state index in [0.29, 0.717) is 17.4 Å². The minimum Gasteiger partial charge on any atom is -0.480 e. The van der Waals surface area contributed by atoms with Crippen molar-refractivity contribution in [2.24, 2.45) is 5.73 Å². The Morgan fingerprint density at radius 2 is 2.14 bits per heavy atom. The normalized spacial score (nSPS) is 15.1. The van der Waals surface area contributed by atoms with Crippen molar-refractivity contribution in [3.05, 3.63) is 0 Å². The number of thioether (sulfide) groups is 1. The lowest BCUT2D eigenvalue weighted by molar-refractivity contribution is -0.137. The Balaban J connectivity index is 3.74. The standard InChI is InChI=1S/C9H19NO3S/c1-2-3-7(4-5-11)14-6-8(10)9(12)13/h7-8,11H,2-6,10H2,1H3,(H,12,13)/t7?,8-/m0/s1. The number of carboxylic acids is 1. The third kappa shape index (κ3) is 6.23. The minimum atomic E-state index is -0.961. The highest BCUT2D eigenvalue weighted by Gasteiger charge is 2.15. The second-order valence-electron chi connectivity index (χ2n) is 3.20. The van der Waals surface area contributed by atoms with E-state index in [1.165, 1.54) is 0 Å². The monoisotopic (exact) mass is 221 g/mol. The van der Waals surface area contributed by atoms with Crippen LogP contribution in [0.25, 0.3) is 0 Å². The van der Waals surface area contributed by atoms with Crippen LogP contribution in [0.15, 0.2) is 0 Å². The molecule has 2 atom stereocenters. The zero-order valence-corrected chi connectivity index (χ0v) is 9.30. The van der Waals surface area contributed by atoms with Crippen molar-refractivity contribution >= 4 is 17.7 Å². The summed E-state index contributed by atoms with van der Waals surface area (Å²) in [4.78, 5) is 10.4. The Labute approximate surface area is 88.9 Å². The molecule has 4 nitrogen and oxygen atoms in total. The average molecular weight is 221 g/mol. The average Bonchev–Trinajstić information content (AvgIpc) is 2.14. The third-order valence-electron chi connectivity index (χ3n) is 1.89. The van der Waals surface area contributed by atoms with Crippen molar-refractivity contribution in [1.29, 1.82) is 0 Å². The summed E-state index contributed by atoms with van der Waals surface area (Å²) in [5.41, 5.74) is 5.37. The van der Waals surface area contributed by atoms with Crippen LogP contribution in [-0.2, 0) is 4.79 Å². The molecule has 84 valence electrons. The molecule has 0 aliphatic rings. The van der Waals surface area contributed by atoms with E-state index in [9.17, 15) is 4.79 Å². The molecule has 0 radical (unpaired) electrons. The van der Waals surface area contributed by atoms with Crippen LogP contribution in [0.3, 0.4) is 0 Å². The topological polar surface area (TPSA) is 83.5 Å². The molecule has 0 fully saturated rings. The Morgan fingerprint density at radius 1 is 1.50 bits per heavy atom. The zero-order chi connectivity index (χ0) is 11.0. The maximum absolute atomic E-state index is 10.4. The highest BCUT2D eigenvalue weighted by atomic mass is 32.2. The van der Waals surface area contributed by atoms with Crippen LogP contribution in [0, 0.1) is 0 Å². The maximum Gasteiger partial charge on any atom is 0.321 e. The number of carboxylic acid groups (broad SMARTS) is 1. The molecule has 0 aromatic rings. The van der Waals surface area contributed by atoms with E-state index in [1.54, 1.807) is 11.8 Å². The first-order valence-electron chi connectivity index (χ1n) is 4.82. The van der Waals surface area contributed by atoms with Gasteiger partial charge in [-0.15, -0.1) is 0 Å². The van der Waals surface area contributed by atoms with Crippen LogP contribution in [0.5, 0.6) is 0 Å². The molecule has 0 rings (SSSR count). The van der Waals surface area contributed by atoms with Gasteiger partial charge in [0.25, 0.3) is 0 Å². The van der Waals surface area contributed by atoms with E-state index in [2.05, 4.69) is 6.92 Å². The lowest BCUT2D eigenvalue weighted by atomic mass is 10.2. The summed E-state index contributed by atoms with van der Waals surface area (Å²) in [6.45, 7) is 2.22. The fourth-order valence-corrected chi connectivity index (χ4v) is 2.38. The molecule has 0 heterocycles. The van der Waals surface area contributed by atoms with Gasteiger partial charge in [-0.1, -0.05) is 13.3 Å². The maximum atomic E-state index is 10.4. The first-order chi connectivity index (χ1) is 6.61. The number of aliphatic carboxylic acids is 1. The van der Waals surface area contributed by atoms with Gasteiger partial charge in [-0.2, -0.15) is 11.8 Å². The van der Waals surface area contributed by atoms with Crippen molar-refractivity contribution in [3.63, 3.8) is 0 Å². The van der Waals surface area contributed by atoms with Gasteiger partial charge in [0.15, 0.2) is 0 Å². The Bertz CT molecular complexity index is 160. The summed E-state index contributed by atoms with van der Waals surface area (Å²) in [7, 11) is 0. The summed E-state index contributed by atoms with van der Waals surface area (Å²) in [5.74, 6) is -0.545. The smallest absolute Gasteiger partial charge is 0.321 e. The van der Waals surface area contributed by atoms with Gasteiger partial charge in [0.2, 0.25) is 0 Å². The summed E-state index contributed by atoms with van der Waals surface area (Å²) < 4.78 is 0. The van der Waals surface area contributed by atoms with E-state index in [1.807, 2.05) is 0 Å². The Kier molecular flexibility index (Phi) is 7.93. The minimum absolute atomic E-state index is 0.153. The van der Waals surface area contributed by atoms with Crippen LogP contribution >= 0.6 is 11.8 Å². The molecule has 1 unspecified atom stereocenters. The van der Waals surface area contributed by atoms with E-state index in [0.717, 1.165) is 12.8 Å². The molecule has 0 amide bonds. The molecule has 0 aliphatic carbocycles. The van der Waals surface area contributed by atoms with E-state index >= 15 is 0 Å². The summed E-state index contributed by atoms with van der Waals surface area (Å²) in [6.07, 6.45) is 2.75. The molecule has 0 spiro atoms. The number of aliphatic hydroxyl groups excluding tert-OH is 1. The predicted octanol–water partition coefficient (Wildman–Crippen LogP) is 0.683. The fourth-order valence-electron chi connectivity index (χ4n) is 1.09. The van der Waals surface area contributed by atoms with Gasteiger partial charge in [-0.3, -0.25) is 4.79 Å². The second-order valence-corrected chi connectivity index (χ2v) is 4.53. The largest absolute Gasteiger partial charge is 0.480 e. The number of carbonyl (C=O) groups is 1. The van der Waals surface area contributed by atoms with E-state index in [-0.39, 0.29) is 6.61 Å². The van der Waals surface area contributed by atoms with Crippen molar-refractivity contribution in [2.75, 3.05) is 12.4 Å². The lowest BCUT2D eigenvalue weighted by Gasteiger charge is -2.15. The molecule has 0 aromatic carbocycles. The summed E-state index contributed by atoms with van der Waals surface area (Å²) >= 11 is 1.54. The SMILES string of the molecule is CCCC(CCO)SC[C@H](N)C(=O)O. The van der Waals surface area contributed by atoms with Gasteiger partial charge in [0, 0.05) is 17.6 Å². The first-order valence-corrected chi connectivity index (χ1v) is 5.87. The van der Waals surface area contributed by atoms with E-state index in [4.69, 9.17) is 15.9 Å². The van der Waals surface area contributed by atoms with Gasteiger partial charge in [-0.25, -0.2) is 0 Å². The van der Waals surface area contributed by atoms with Crippen LogP contribution in [0.1, 0.15) is 26.2 Å². The van der Waals surface area contributed by atoms with Gasteiger partial charge >= 0.3 is 5.97 Å². The van der Waals surface area contributed by atoms with Crippen molar-refractivity contribution in [2.45, 2.75) is 37.5 Å². The number of nitrogens with two attached hydrogens (primary N) is 1. The van der Waals surface area contributed by atoms with E-state index < -0.39 is 12.0 Å². The second kappa shape index (κ2) is 8.08. The molecule has 0 saturated heterocycles. The number of aliphatic hydroxyl groups is 1. The fraction of sp³-hybridized carbons (Fsp3) is 0.889. The number of hydrogen-bond acceptors (Lipinski definition) is 4. The molecule has 0 saturated carbocycles. The number of rotatable bonds is 8. The number of hydrogen-bond donors (Lipinski definition) is 3. The van der Waals surface area contributed by atoms with Crippen LogP contribution in [-0.4, -0.2) is 39.8 Å². The molecule has 14 heavy (non-hydrogen) atoms. The molecule has 5 heteroatoms. The summed E-state index contributed by atoms with van der Waals surface area (Å²) in [6, 6.07) is -0.793. The molecule has 0 bridgehead atoms. The molecule has 0 aromatic heterocycles. The Morgan fingerprint density at radius 3 is 2.57 bits per heavy atom. The predicted molar refractivity (Wildman–Crippen MR) is 58.5 cm³/mol. The van der Waals surface area contributed by atoms with Crippen LogP contribution < -0.4 is 5.73 Å². The molecular formula is C9H19NO3S. The van der Waals surface area contributed by atoms with Crippen LogP contribution in [0.2, 0.25) is 0 Å². The van der Waals surface area contributed by atoms with Crippen molar-refractivity contribution in [1.82, 2.24) is 0 Å². The van der Waals surface area contributed by atoms with Crippen molar-refractivity contribution < 1.29 is 15.0 Å². The first kappa shape index (κ1) is 13.7. The van der Waals surface area contributed by atoms with Crippen LogP contribution in [0.4, 0.5) is 0 Å². The van der Waals surface area contributed by atoms with Gasteiger partial charge in [0.1, 0.15) is 6.04 Å². The molecule has 0 aliphatic heterocycles. The molecule has 4 N–H and O–H groups in total. The van der Waals surface area contributed by atoms with Crippen molar-refractivity contribution in [3.8, 4) is 0 Å².